The number of hydrogen-bond acceptors (Lipinski definition) is 4. The van der Waals surface area contributed by atoms with Gasteiger partial charge in [0.15, 0.2) is 0 Å². The van der Waals surface area contributed by atoms with E-state index in [-0.39, 0.29) is 25.1 Å². The summed E-state index contributed by atoms with van der Waals surface area (Å²) in [6, 6.07) is 5.01. The average Bonchev–Trinajstić information content (AvgIpc) is 2.29. The fraction of sp³-hybridized carbons (Fsp3) is 0.417. The summed E-state index contributed by atoms with van der Waals surface area (Å²) in [6.07, 6.45) is 0. The van der Waals surface area contributed by atoms with E-state index in [0.717, 1.165) is 5.56 Å². The third-order valence-corrected chi connectivity index (χ3v) is 2.32. The number of nitrogen functional groups attached to an aromatic ring is 1. The highest BCUT2D eigenvalue weighted by Gasteiger charge is 2.10. The Morgan fingerprint density at radius 2 is 2.25 bits per heavy atom. The number of nitrogens with two attached hydrogens (primary N) is 1. The maximum Gasteiger partial charge on any atom is 0.338 e. The van der Waals surface area contributed by atoms with Gasteiger partial charge in [-0.3, -0.25) is 0 Å². The molecule has 0 spiro atoms. The van der Waals surface area contributed by atoms with E-state index in [2.05, 4.69) is 0 Å². The van der Waals surface area contributed by atoms with Gasteiger partial charge in [-0.2, -0.15) is 0 Å². The summed E-state index contributed by atoms with van der Waals surface area (Å²) >= 11 is 0. The minimum atomic E-state index is -0.386. The lowest BCUT2D eigenvalue weighted by molar-refractivity contribution is 0.0405. The van der Waals surface area contributed by atoms with Crippen molar-refractivity contribution in [1.82, 2.24) is 0 Å². The topological polar surface area (TPSA) is 72.5 Å². The second-order valence-corrected chi connectivity index (χ2v) is 3.96. The first-order valence-electron chi connectivity index (χ1n) is 5.18. The Morgan fingerprint density at radius 1 is 1.56 bits per heavy atom. The van der Waals surface area contributed by atoms with Gasteiger partial charge in [0.05, 0.1) is 12.2 Å². The zero-order valence-electron chi connectivity index (χ0n) is 9.56. The predicted molar refractivity (Wildman–Crippen MR) is 62.1 cm³/mol. The van der Waals surface area contributed by atoms with Crippen LogP contribution < -0.4 is 5.73 Å². The first-order chi connectivity index (χ1) is 7.54. The van der Waals surface area contributed by atoms with Crippen molar-refractivity contribution in [2.45, 2.75) is 13.8 Å². The van der Waals surface area contributed by atoms with Crippen LogP contribution in [0.15, 0.2) is 18.2 Å². The molecule has 4 nitrogen and oxygen atoms in total. The van der Waals surface area contributed by atoms with Gasteiger partial charge in [0.1, 0.15) is 0 Å². The molecule has 0 saturated heterocycles. The number of hydrogen-bond donors (Lipinski definition) is 2. The molecule has 0 heterocycles. The van der Waals surface area contributed by atoms with Gasteiger partial charge in [0.2, 0.25) is 0 Å². The largest absolute Gasteiger partial charge is 0.462 e. The quantitative estimate of drug-likeness (QED) is 0.597. The maximum atomic E-state index is 11.6. The number of esters is 1. The van der Waals surface area contributed by atoms with Gasteiger partial charge in [-0.05, 0) is 30.7 Å². The Bertz CT molecular complexity index is 377. The van der Waals surface area contributed by atoms with Crippen molar-refractivity contribution in [1.29, 1.82) is 0 Å². The van der Waals surface area contributed by atoms with Crippen LogP contribution >= 0.6 is 0 Å². The number of carbonyl (C=O) groups excluding carboxylic acids is 1. The van der Waals surface area contributed by atoms with Crippen LogP contribution in [0, 0.1) is 12.8 Å². The first-order valence-corrected chi connectivity index (χ1v) is 5.18. The molecule has 3 N–H and O–H groups in total. The highest BCUT2D eigenvalue weighted by Crippen LogP contribution is 2.13. The predicted octanol–water partition coefficient (Wildman–Crippen LogP) is 1.36. The van der Waals surface area contributed by atoms with E-state index < -0.39 is 0 Å². The van der Waals surface area contributed by atoms with Crippen LogP contribution in [0.1, 0.15) is 22.8 Å². The number of rotatable bonds is 4. The van der Waals surface area contributed by atoms with Crippen molar-refractivity contribution in [3.63, 3.8) is 0 Å². The molecule has 1 unspecified atom stereocenters. The van der Waals surface area contributed by atoms with E-state index in [1.54, 1.807) is 18.2 Å². The summed E-state index contributed by atoms with van der Waals surface area (Å²) in [4.78, 5) is 11.6. The second kappa shape index (κ2) is 5.51. The normalized spacial score (nSPS) is 12.2. The van der Waals surface area contributed by atoms with Crippen LogP contribution in [0.25, 0.3) is 0 Å². The Kier molecular flexibility index (Phi) is 4.31. The first kappa shape index (κ1) is 12.5. The lowest BCUT2D eigenvalue weighted by atomic mass is 10.1. The molecule has 4 heteroatoms. The van der Waals surface area contributed by atoms with Crippen molar-refractivity contribution >= 4 is 11.7 Å². The van der Waals surface area contributed by atoms with Gasteiger partial charge < -0.3 is 15.6 Å². The third-order valence-electron chi connectivity index (χ3n) is 2.32. The molecule has 0 aromatic heterocycles. The monoisotopic (exact) mass is 223 g/mol. The van der Waals surface area contributed by atoms with E-state index in [9.17, 15) is 4.79 Å². The van der Waals surface area contributed by atoms with Crippen LogP contribution in [0.5, 0.6) is 0 Å². The molecule has 16 heavy (non-hydrogen) atoms. The lowest BCUT2D eigenvalue weighted by Crippen LogP contribution is -2.14. The summed E-state index contributed by atoms with van der Waals surface area (Å²) < 4.78 is 5.04. The molecule has 0 saturated carbocycles. The zero-order chi connectivity index (χ0) is 12.1. The molecule has 0 aliphatic heterocycles. The number of ether oxygens (including phenoxy) is 1. The van der Waals surface area contributed by atoms with Crippen LogP contribution in [-0.4, -0.2) is 24.3 Å². The molecule has 1 aromatic carbocycles. The SMILES string of the molecule is Cc1cc(C(=O)OCC(C)CO)ccc1N. The molecule has 1 rings (SSSR count). The highest BCUT2D eigenvalue weighted by molar-refractivity contribution is 5.90. The fourth-order valence-corrected chi connectivity index (χ4v) is 1.16. The van der Waals surface area contributed by atoms with Crippen molar-refractivity contribution < 1.29 is 14.6 Å². The number of aryl methyl sites for hydroxylation is 1. The summed E-state index contributed by atoms with van der Waals surface area (Å²) in [6.45, 7) is 3.87. The maximum absolute atomic E-state index is 11.6. The Balaban J connectivity index is 2.63. The van der Waals surface area contributed by atoms with Gasteiger partial charge in [-0.25, -0.2) is 4.79 Å². The molecular formula is C12H17NO3. The van der Waals surface area contributed by atoms with Crippen LogP contribution in [0.3, 0.4) is 0 Å². The van der Waals surface area contributed by atoms with E-state index >= 15 is 0 Å². The van der Waals surface area contributed by atoms with Crippen LogP contribution in [0.4, 0.5) is 5.69 Å². The standard InChI is InChI=1S/C12H17NO3/c1-8(6-14)7-16-12(15)10-3-4-11(13)9(2)5-10/h3-5,8,14H,6-7,13H2,1-2H3. The van der Waals surface area contributed by atoms with E-state index in [4.69, 9.17) is 15.6 Å². The molecular weight excluding hydrogens is 206 g/mol. The average molecular weight is 223 g/mol. The van der Waals surface area contributed by atoms with Crippen LogP contribution in [-0.2, 0) is 4.74 Å². The summed E-state index contributed by atoms with van der Waals surface area (Å²) in [5.74, 6) is -0.428. The number of carbonyl (C=O) groups is 1. The number of benzene rings is 1. The van der Waals surface area contributed by atoms with Crippen molar-refractivity contribution in [3.05, 3.63) is 29.3 Å². The minimum Gasteiger partial charge on any atom is -0.462 e. The molecule has 1 atom stereocenters. The van der Waals surface area contributed by atoms with E-state index in [1.807, 2.05) is 13.8 Å². The van der Waals surface area contributed by atoms with E-state index in [0.29, 0.717) is 11.3 Å². The van der Waals surface area contributed by atoms with Gasteiger partial charge >= 0.3 is 5.97 Å². The molecule has 0 aliphatic rings. The second-order valence-electron chi connectivity index (χ2n) is 3.96. The Morgan fingerprint density at radius 3 is 2.81 bits per heavy atom. The summed E-state index contributed by atoms with van der Waals surface area (Å²) in [7, 11) is 0. The van der Waals surface area contributed by atoms with E-state index in [1.165, 1.54) is 0 Å². The molecule has 0 bridgehead atoms. The zero-order valence-corrected chi connectivity index (χ0v) is 9.56. The molecule has 0 fully saturated rings. The molecule has 0 aliphatic carbocycles. The highest BCUT2D eigenvalue weighted by atomic mass is 16.5. The molecule has 1 aromatic rings. The lowest BCUT2D eigenvalue weighted by Gasteiger charge is -2.09. The van der Waals surface area contributed by atoms with Crippen LogP contribution in [0.2, 0.25) is 0 Å². The number of aliphatic hydroxyl groups is 1. The fourth-order valence-electron chi connectivity index (χ4n) is 1.16. The third kappa shape index (κ3) is 3.24. The number of anilines is 1. The van der Waals surface area contributed by atoms with Gasteiger partial charge in [0, 0.05) is 18.2 Å². The van der Waals surface area contributed by atoms with Gasteiger partial charge in [0.25, 0.3) is 0 Å². The minimum absolute atomic E-state index is 0.00798. The van der Waals surface area contributed by atoms with Crippen molar-refractivity contribution in [2.75, 3.05) is 18.9 Å². The van der Waals surface area contributed by atoms with Crippen molar-refractivity contribution in [3.8, 4) is 0 Å². The molecule has 0 amide bonds. The Hall–Kier alpha value is -1.55. The molecule has 0 radical (unpaired) electrons. The van der Waals surface area contributed by atoms with Gasteiger partial charge in [-0.15, -0.1) is 0 Å². The summed E-state index contributed by atoms with van der Waals surface area (Å²) in [5, 5.41) is 8.79. The van der Waals surface area contributed by atoms with Crippen molar-refractivity contribution in [2.24, 2.45) is 5.92 Å². The van der Waals surface area contributed by atoms with Gasteiger partial charge in [-0.1, -0.05) is 6.92 Å². The molecule has 88 valence electrons. The Labute approximate surface area is 95.0 Å². The summed E-state index contributed by atoms with van der Waals surface area (Å²) in [5.41, 5.74) is 7.64. The smallest absolute Gasteiger partial charge is 0.338 e. The number of aliphatic hydroxyl groups excluding tert-OH is 1.